The number of hydrogen-bond donors (Lipinski definition) is 1. The highest BCUT2D eigenvalue weighted by molar-refractivity contribution is 6.33. The van der Waals surface area contributed by atoms with Crippen molar-refractivity contribution in [1.82, 2.24) is 4.98 Å². The van der Waals surface area contributed by atoms with Gasteiger partial charge in [0.05, 0.1) is 17.7 Å². The van der Waals surface area contributed by atoms with Crippen molar-refractivity contribution in [2.75, 3.05) is 18.6 Å². The van der Waals surface area contributed by atoms with Gasteiger partial charge >= 0.3 is 0 Å². The number of para-hydroxylation sites is 1. The van der Waals surface area contributed by atoms with E-state index in [1.54, 1.807) is 13.2 Å². The largest absolute Gasteiger partial charge is 0.496 e. The Labute approximate surface area is 146 Å². The van der Waals surface area contributed by atoms with Crippen LogP contribution in [0.5, 0.6) is 5.75 Å². The molecule has 1 aliphatic heterocycles. The van der Waals surface area contributed by atoms with E-state index in [1.165, 1.54) is 11.8 Å². The van der Waals surface area contributed by atoms with Crippen LogP contribution in [0.2, 0.25) is 5.02 Å². The van der Waals surface area contributed by atoms with Crippen LogP contribution in [-0.2, 0) is 6.42 Å². The Hall–Kier alpha value is -2.27. The topological polar surface area (TPSA) is 68.4 Å². The molecule has 24 heavy (non-hydrogen) atoms. The summed E-state index contributed by atoms with van der Waals surface area (Å²) < 4.78 is 5.45. The number of methoxy groups -OCH3 is 1. The van der Waals surface area contributed by atoms with Gasteiger partial charge in [-0.15, -0.1) is 0 Å². The smallest absolute Gasteiger partial charge is 0.250 e. The van der Waals surface area contributed by atoms with Gasteiger partial charge in [-0.1, -0.05) is 29.8 Å². The summed E-state index contributed by atoms with van der Waals surface area (Å²) in [6.45, 7) is 0.891. The summed E-state index contributed by atoms with van der Waals surface area (Å²) in [5.74, 6) is 1.08. The summed E-state index contributed by atoms with van der Waals surface area (Å²) in [6, 6.07) is 9.93. The monoisotopic (exact) mass is 345 g/mol. The summed E-state index contributed by atoms with van der Waals surface area (Å²) in [7, 11) is 1.69. The molecule has 2 aromatic rings. The van der Waals surface area contributed by atoms with Gasteiger partial charge in [0.2, 0.25) is 5.91 Å². The Morgan fingerprint density at radius 2 is 2.25 bits per heavy atom. The molecule has 1 saturated heterocycles. The second kappa shape index (κ2) is 7.09. The number of benzene rings is 1. The number of carbonyl (C=O) groups is 1. The molecule has 0 spiro atoms. The molecule has 126 valence electrons. The normalized spacial score (nSPS) is 17.1. The summed E-state index contributed by atoms with van der Waals surface area (Å²) in [5.41, 5.74) is 6.77. The van der Waals surface area contributed by atoms with Crippen LogP contribution in [0.4, 0.5) is 5.82 Å². The average molecular weight is 346 g/mol. The highest BCUT2D eigenvalue weighted by Gasteiger charge is 2.28. The molecule has 1 aromatic carbocycles. The molecule has 6 heteroatoms. The first-order chi connectivity index (χ1) is 11.6. The van der Waals surface area contributed by atoms with Crippen LogP contribution in [0.25, 0.3) is 0 Å². The molecule has 0 bridgehead atoms. The minimum Gasteiger partial charge on any atom is -0.496 e. The molecule has 1 atom stereocenters. The molecule has 1 aliphatic rings. The first-order valence-electron chi connectivity index (χ1n) is 7.94. The zero-order valence-electron chi connectivity index (χ0n) is 13.5. The summed E-state index contributed by atoms with van der Waals surface area (Å²) in [5, 5.41) is 0.457. The maximum Gasteiger partial charge on any atom is 0.250 e. The van der Waals surface area contributed by atoms with E-state index in [4.69, 9.17) is 22.1 Å². The standard InChI is InChI=1S/C18H20ClN3O2/c1-24-16-7-3-2-5-12(16)9-14-6-4-8-22(14)18-15(19)10-13(11-21-18)17(20)23/h2-3,5,7,10-11,14H,4,6,8-9H2,1H3,(H2,20,23). The number of hydrogen-bond acceptors (Lipinski definition) is 4. The minimum absolute atomic E-state index is 0.297. The molecule has 1 unspecified atom stereocenters. The number of amides is 1. The number of aromatic nitrogens is 1. The van der Waals surface area contributed by atoms with Crippen molar-refractivity contribution >= 4 is 23.3 Å². The number of pyridine rings is 1. The van der Waals surface area contributed by atoms with Gasteiger partial charge in [-0.2, -0.15) is 0 Å². The van der Waals surface area contributed by atoms with Crippen molar-refractivity contribution in [3.63, 3.8) is 0 Å². The molecule has 0 aliphatic carbocycles. The molecule has 1 amide bonds. The van der Waals surface area contributed by atoms with Crippen molar-refractivity contribution < 1.29 is 9.53 Å². The molecule has 2 heterocycles. The Morgan fingerprint density at radius 3 is 2.96 bits per heavy atom. The van der Waals surface area contributed by atoms with E-state index in [9.17, 15) is 4.79 Å². The zero-order valence-corrected chi connectivity index (χ0v) is 14.3. The van der Waals surface area contributed by atoms with Crippen LogP contribution in [0, 0.1) is 0 Å². The first-order valence-corrected chi connectivity index (χ1v) is 8.32. The number of ether oxygens (including phenoxy) is 1. The lowest BCUT2D eigenvalue weighted by Gasteiger charge is -2.27. The first kappa shape index (κ1) is 16.6. The average Bonchev–Trinajstić information content (AvgIpc) is 3.03. The van der Waals surface area contributed by atoms with E-state index >= 15 is 0 Å². The SMILES string of the molecule is COc1ccccc1CC1CCCN1c1ncc(C(N)=O)cc1Cl. The van der Waals surface area contributed by atoms with Gasteiger partial charge in [0.25, 0.3) is 0 Å². The molecule has 0 radical (unpaired) electrons. The maximum atomic E-state index is 11.3. The van der Waals surface area contributed by atoms with Gasteiger partial charge in [-0.3, -0.25) is 4.79 Å². The summed E-state index contributed by atoms with van der Waals surface area (Å²) >= 11 is 6.34. The number of primary amides is 1. The fourth-order valence-electron chi connectivity index (χ4n) is 3.23. The van der Waals surface area contributed by atoms with Crippen LogP contribution < -0.4 is 15.4 Å². The van der Waals surface area contributed by atoms with Crippen LogP contribution >= 0.6 is 11.6 Å². The van der Waals surface area contributed by atoms with E-state index < -0.39 is 5.91 Å². The lowest BCUT2D eigenvalue weighted by molar-refractivity contribution is 0.1000. The van der Waals surface area contributed by atoms with E-state index in [-0.39, 0.29) is 0 Å². The van der Waals surface area contributed by atoms with Crippen molar-refractivity contribution in [2.24, 2.45) is 5.73 Å². The van der Waals surface area contributed by atoms with Gasteiger partial charge in [0.15, 0.2) is 0 Å². The number of carbonyl (C=O) groups excluding carboxylic acids is 1. The van der Waals surface area contributed by atoms with E-state index in [1.807, 2.05) is 18.2 Å². The molecular formula is C18H20ClN3O2. The molecule has 1 fully saturated rings. The highest BCUT2D eigenvalue weighted by atomic mass is 35.5. The van der Waals surface area contributed by atoms with Crippen molar-refractivity contribution in [2.45, 2.75) is 25.3 Å². The van der Waals surface area contributed by atoms with Gasteiger partial charge in [-0.05, 0) is 37.0 Å². The Kier molecular flexibility index (Phi) is 4.90. The summed E-state index contributed by atoms with van der Waals surface area (Å²) in [4.78, 5) is 17.8. The number of rotatable bonds is 5. The third-order valence-corrected chi connectivity index (χ3v) is 4.68. The Bertz CT molecular complexity index is 751. The van der Waals surface area contributed by atoms with Gasteiger partial charge in [-0.25, -0.2) is 4.98 Å². The highest BCUT2D eigenvalue weighted by Crippen LogP contribution is 2.33. The van der Waals surface area contributed by atoms with Gasteiger partial charge in [0, 0.05) is 18.8 Å². The third kappa shape index (κ3) is 3.31. The Balaban J connectivity index is 1.84. The molecule has 1 aromatic heterocycles. The third-order valence-electron chi connectivity index (χ3n) is 4.40. The van der Waals surface area contributed by atoms with Crippen LogP contribution in [0.1, 0.15) is 28.8 Å². The van der Waals surface area contributed by atoms with Crippen LogP contribution in [0.3, 0.4) is 0 Å². The quantitative estimate of drug-likeness (QED) is 0.904. The molecule has 5 nitrogen and oxygen atoms in total. The fourth-order valence-corrected chi connectivity index (χ4v) is 3.50. The second-order valence-electron chi connectivity index (χ2n) is 5.90. The lowest BCUT2D eigenvalue weighted by atomic mass is 10.0. The Morgan fingerprint density at radius 1 is 1.46 bits per heavy atom. The predicted molar refractivity (Wildman–Crippen MR) is 94.8 cm³/mol. The van der Waals surface area contributed by atoms with Crippen LogP contribution in [-0.4, -0.2) is 30.6 Å². The molecule has 0 saturated carbocycles. The number of halogens is 1. The molecule has 3 rings (SSSR count). The molecule has 2 N–H and O–H groups in total. The lowest BCUT2D eigenvalue weighted by Crippen LogP contribution is -2.32. The predicted octanol–water partition coefficient (Wildman–Crippen LogP) is 3.05. The maximum absolute atomic E-state index is 11.3. The van der Waals surface area contributed by atoms with Crippen LogP contribution in [0.15, 0.2) is 36.5 Å². The second-order valence-corrected chi connectivity index (χ2v) is 6.31. The van der Waals surface area contributed by atoms with Gasteiger partial charge < -0.3 is 15.4 Å². The summed E-state index contributed by atoms with van der Waals surface area (Å²) in [6.07, 6.45) is 4.49. The van der Waals surface area contributed by atoms with Gasteiger partial charge in [0.1, 0.15) is 11.6 Å². The van der Waals surface area contributed by atoms with E-state index in [2.05, 4.69) is 16.0 Å². The van der Waals surface area contributed by atoms with E-state index in [0.29, 0.717) is 22.4 Å². The van der Waals surface area contributed by atoms with Crippen molar-refractivity contribution in [3.05, 3.63) is 52.7 Å². The number of nitrogens with zero attached hydrogens (tertiary/aromatic N) is 2. The fraction of sp³-hybridized carbons (Fsp3) is 0.333. The minimum atomic E-state index is -0.525. The molecular weight excluding hydrogens is 326 g/mol. The van der Waals surface area contributed by atoms with E-state index in [0.717, 1.165) is 31.6 Å². The van der Waals surface area contributed by atoms with Crippen molar-refractivity contribution in [3.8, 4) is 5.75 Å². The zero-order chi connectivity index (χ0) is 17.1. The number of anilines is 1. The van der Waals surface area contributed by atoms with Crippen molar-refractivity contribution in [1.29, 1.82) is 0 Å². The number of nitrogens with two attached hydrogens (primary N) is 1.